The predicted octanol–water partition coefficient (Wildman–Crippen LogP) is 2.51. The minimum Gasteiger partial charge on any atom is -0.490 e. The SMILES string of the molecule is O=C(c1ccc(=O)[nH]c1)N1CCC[C@@H]1c1ccc2c(c1)OCCCO2. The molecule has 1 fully saturated rings. The number of ether oxygens (including phenoxy) is 2. The molecule has 1 aromatic heterocycles. The Kier molecular flexibility index (Phi) is 4.17. The standard InChI is InChI=1S/C19H20N2O4/c22-18-7-5-14(12-20-18)19(23)21-8-1-3-15(21)13-4-6-16-17(11-13)25-10-2-9-24-16/h4-7,11-12,15H,1-3,8-10H2,(H,20,22)/t15-/m1/s1. The number of nitrogens with zero attached hydrogens (tertiary/aromatic N) is 1. The summed E-state index contributed by atoms with van der Waals surface area (Å²) in [6, 6.07) is 8.89. The number of carbonyl (C=O) groups excluding carboxylic acids is 1. The van der Waals surface area contributed by atoms with Gasteiger partial charge >= 0.3 is 0 Å². The number of carbonyl (C=O) groups is 1. The van der Waals surface area contributed by atoms with Crippen LogP contribution >= 0.6 is 0 Å². The molecule has 0 aliphatic carbocycles. The van der Waals surface area contributed by atoms with E-state index in [0.29, 0.717) is 25.3 Å². The molecule has 2 aromatic rings. The lowest BCUT2D eigenvalue weighted by atomic mass is 10.0. The van der Waals surface area contributed by atoms with E-state index in [2.05, 4.69) is 4.98 Å². The first kappa shape index (κ1) is 15.7. The van der Waals surface area contributed by atoms with E-state index in [1.165, 1.54) is 12.3 Å². The van der Waals surface area contributed by atoms with Crippen molar-refractivity contribution in [1.29, 1.82) is 0 Å². The van der Waals surface area contributed by atoms with Crippen LogP contribution in [0.25, 0.3) is 0 Å². The maximum absolute atomic E-state index is 12.8. The Hall–Kier alpha value is -2.76. The molecule has 3 heterocycles. The third-order valence-electron chi connectivity index (χ3n) is 4.70. The van der Waals surface area contributed by atoms with Gasteiger partial charge in [-0.2, -0.15) is 0 Å². The van der Waals surface area contributed by atoms with Crippen LogP contribution in [-0.2, 0) is 0 Å². The maximum atomic E-state index is 12.8. The second kappa shape index (κ2) is 6.63. The molecule has 6 nitrogen and oxygen atoms in total. The van der Waals surface area contributed by atoms with Crippen LogP contribution in [-0.4, -0.2) is 35.5 Å². The molecule has 0 saturated carbocycles. The molecule has 0 unspecified atom stereocenters. The summed E-state index contributed by atoms with van der Waals surface area (Å²) in [5.41, 5.74) is 1.35. The topological polar surface area (TPSA) is 71.6 Å². The van der Waals surface area contributed by atoms with Gasteiger partial charge in [-0.1, -0.05) is 6.07 Å². The molecule has 1 N–H and O–H groups in total. The summed E-state index contributed by atoms with van der Waals surface area (Å²) in [6.45, 7) is 2.00. The molecular formula is C19H20N2O4. The van der Waals surface area contributed by atoms with Gasteiger partial charge in [0.15, 0.2) is 11.5 Å². The first-order chi connectivity index (χ1) is 12.2. The molecule has 2 aliphatic rings. The van der Waals surface area contributed by atoms with Crippen LogP contribution in [0.15, 0.2) is 41.3 Å². The fourth-order valence-electron chi connectivity index (χ4n) is 3.45. The number of pyridine rings is 1. The fraction of sp³-hybridized carbons (Fsp3) is 0.368. The molecule has 1 aromatic carbocycles. The summed E-state index contributed by atoms with van der Waals surface area (Å²) in [5, 5.41) is 0. The van der Waals surface area contributed by atoms with Crippen molar-refractivity contribution in [3.05, 3.63) is 58.0 Å². The molecule has 25 heavy (non-hydrogen) atoms. The van der Waals surface area contributed by atoms with Crippen LogP contribution in [0.5, 0.6) is 11.5 Å². The number of amides is 1. The van der Waals surface area contributed by atoms with E-state index in [0.717, 1.165) is 36.3 Å². The second-order valence-corrected chi connectivity index (χ2v) is 6.35. The number of hydrogen-bond acceptors (Lipinski definition) is 4. The Morgan fingerprint density at radius 3 is 2.72 bits per heavy atom. The van der Waals surface area contributed by atoms with E-state index < -0.39 is 0 Å². The van der Waals surface area contributed by atoms with Crippen LogP contribution in [0.1, 0.15) is 41.2 Å². The molecule has 6 heteroatoms. The Morgan fingerprint density at radius 1 is 1.08 bits per heavy atom. The minimum atomic E-state index is -0.211. The van der Waals surface area contributed by atoms with Crippen molar-refractivity contribution in [2.75, 3.05) is 19.8 Å². The van der Waals surface area contributed by atoms with Gasteiger partial charge in [0.1, 0.15) is 0 Å². The molecule has 1 atom stereocenters. The first-order valence-electron chi connectivity index (χ1n) is 8.61. The van der Waals surface area contributed by atoms with Gasteiger partial charge in [0, 0.05) is 25.2 Å². The lowest BCUT2D eigenvalue weighted by molar-refractivity contribution is 0.0735. The lowest BCUT2D eigenvalue weighted by Gasteiger charge is -2.25. The van der Waals surface area contributed by atoms with Crippen LogP contribution in [0.2, 0.25) is 0 Å². The second-order valence-electron chi connectivity index (χ2n) is 6.35. The van der Waals surface area contributed by atoms with E-state index in [1.54, 1.807) is 6.07 Å². The van der Waals surface area contributed by atoms with Crippen LogP contribution < -0.4 is 15.0 Å². The highest BCUT2D eigenvalue weighted by Crippen LogP contribution is 2.38. The van der Waals surface area contributed by atoms with Crippen molar-refractivity contribution in [2.24, 2.45) is 0 Å². The third kappa shape index (κ3) is 3.12. The van der Waals surface area contributed by atoms with Gasteiger partial charge in [-0.15, -0.1) is 0 Å². The highest BCUT2D eigenvalue weighted by Gasteiger charge is 2.31. The quantitative estimate of drug-likeness (QED) is 0.912. The molecule has 4 rings (SSSR count). The molecule has 0 spiro atoms. The van der Waals surface area contributed by atoms with Gasteiger partial charge in [-0.3, -0.25) is 9.59 Å². The molecular weight excluding hydrogens is 320 g/mol. The van der Waals surface area contributed by atoms with E-state index >= 15 is 0 Å². The Bertz CT molecular complexity index is 825. The van der Waals surface area contributed by atoms with Crippen LogP contribution in [0.3, 0.4) is 0 Å². The van der Waals surface area contributed by atoms with Crippen molar-refractivity contribution in [3.63, 3.8) is 0 Å². The zero-order valence-electron chi connectivity index (χ0n) is 13.9. The molecule has 0 bridgehead atoms. The normalized spacial score (nSPS) is 19.5. The summed E-state index contributed by atoms with van der Waals surface area (Å²) >= 11 is 0. The first-order valence-corrected chi connectivity index (χ1v) is 8.61. The largest absolute Gasteiger partial charge is 0.490 e. The number of aromatic amines is 1. The molecule has 0 radical (unpaired) electrons. The Balaban J connectivity index is 1.61. The van der Waals surface area contributed by atoms with E-state index in [9.17, 15) is 9.59 Å². The van der Waals surface area contributed by atoms with Crippen LogP contribution in [0, 0.1) is 0 Å². The minimum absolute atomic E-state index is 0.0107. The summed E-state index contributed by atoms with van der Waals surface area (Å²) in [6.07, 6.45) is 4.21. The third-order valence-corrected chi connectivity index (χ3v) is 4.70. The van der Waals surface area contributed by atoms with Gasteiger partial charge in [-0.05, 0) is 36.6 Å². The highest BCUT2D eigenvalue weighted by molar-refractivity contribution is 5.94. The Morgan fingerprint density at radius 2 is 1.92 bits per heavy atom. The van der Waals surface area contributed by atoms with Crippen molar-refractivity contribution >= 4 is 5.91 Å². The van der Waals surface area contributed by atoms with Gasteiger partial charge in [0.25, 0.3) is 5.91 Å². The number of benzene rings is 1. The van der Waals surface area contributed by atoms with E-state index in [-0.39, 0.29) is 17.5 Å². The van der Waals surface area contributed by atoms with Gasteiger partial charge in [-0.25, -0.2) is 0 Å². The highest BCUT2D eigenvalue weighted by atomic mass is 16.5. The zero-order valence-corrected chi connectivity index (χ0v) is 13.9. The van der Waals surface area contributed by atoms with E-state index in [1.807, 2.05) is 23.1 Å². The smallest absolute Gasteiger partial charge is 0.255 e. The number of nitrogens with one attached hydrogen (secondary N) is 1. The Labute approximate surface area is 145 Å². The summed E-state index contributed by atoms with van der Waals surface area (Å²) in [4.78, 5) is 28.5. The average Bonchev–Trinajstić information content (AvgIpc) is 3.00. The van der Waals surface area contributed by atoms with Gasteiger partial charge in [0.05, 0.1) is 24.8 Å². The number of H-pyrrole nitrogens is 1. The molecule has 130 valence electrons. The van der Waals surface area contributed by atoms with Crippen molar-refractivity contribution in [1.82, 2.24) is 9.88 Å². The van der Waals surface area contributed by atoms with Crippen molar-refractivity contribution < 1.29 is 14.3 Å². The number of aromatic nitrogens is 1. The number of fused-ring (bicyclic) bond motifs is 1. The van der Waals surface area contributed by atoms with E-state index in [4.69, 9.17) is 9.47 Å². The van der Waals surface area contributed by atoms with Gasteiger partial charge < -0.3 is 19.4 Å². The van der Waals surface area contributed by atoms with Crippen molar-refractivity contribution in [3.8, 4) is 11.5 Å². The number of hydrogen-bond donors (Lipinski definition) is 1. The number of rotatable bonds is 2. The van der Waals surface area contributed by atoms with Crippen molar-refractivity contribution in [2.45, 2.75) is 25.3 Å². The fourth-order valence-corrected chi connectivity index (χ4v) is 3.45. The van der Waals surface area contributed by atoms with Crippen LogP contribution in [0.4, 0.5) is 0 Å². The molecule has 1 saturated heterocycles. The average molecular weight is 340 g/mol. The monoisotopic (exact) mass is 340 g/mol. The van der Waals surface area contributed by atoms with Gasteiger partial charge in [0.2, 0.25) is 5.56 Å². The lowest BCUT2D eigenvalue weighted by Crippen LogP contribution is -2.31. The molecule has 1 amide bonds. The summed E-state index contributed by atoms with van der Waals surface area (Å²) in [7, 11) is 0. The molecule has 2 aliphatic heterocycles. The number of likely N-dealkylation sites (tertiary alicyclic amines) is 1. The summed E-state index contributed by atoms with van der Waals surface area (Å²) < 4.78 is 11.5. The zero-order chi connectivity index (χ0) is 17.2. The predicted molar refractivity (Wildman–Crippen MR) is 92.1 cm³/mol. The maximum Gasteiger partial charge on any atom is 0.255 e. The summed E-state index contributed by atoms with van der Waals surface area (Å²) in [5.74, 6) is 1.45.